The number of carbonyl (C=O) groups excluding carboxylic acids is 3. The molecule has 0 aliphatic carbocycles. The predicted molar refractivity (Wildman–Crippen MR) is 75.1 cm³/mol. The van der Waals surface area contributed by atoms with Crippen LogP contribution in [0.5, 0.6) is 11.5 Å². The highest BCUT2D eigenvalue weighted by molar-refractivity contribution is 6.14. The standard InChI is InChI=1S/C16H8O7/c17-7-8-1-2-9(5-12(8)14(18)19)22-10-3-4-11-13(6-10)16(21)23-15(11)20/h1-7H,(H,18,19). The molecule has 114 valence electrons. The molecule has 2 aromatic rings. The lowest BCUT2D eigenvalue weighted by atomic mass is 10.1. The molecule has 23 heavy (non-hydrogen) atoms. The Bertz CT molecular complexity index is 858. The first-order valence-electron chi connectivity index (χ1n) is 6.40. The van der Waals surface area contributed by atoms with Crippen LogP contribution in [0.25, 0.3) is 0 Å². The zero-order valence-corrected chi connectivity index (χ0v) is 11.4. The van der Waals surface area contributed by atoms with Crippen LogP contribution in [-0.4, -0.2) is 29.3 Å². The van der Waals surface area contributed by atoms with Gasteiger partial charge in [0.05, 0.1) is 16.7 Å². The number of ether oxygens (including phenoxy) is 2. The summed E-state index contributed by atoms with van der Waals surface area (Å²) in [5.41, 5.74) is 0.0431. The predicted octanol–water partition coefficient (Wildman–Crippen LogP) is 2.30. The van der Waals surface area contributed by atoms with Crippen molar-refractivity contribution in [3.05, 3.63) is 58.7 Å². The molecule has 1 aliphatic heterocycles. The highest BCUT2D eigenvalue weighted by Crippen LogP contribution is 2.29. The van der Waals surface area contributed by atoms with E-state index in [1.54, 1.807) is 0 Å². The number of hydrogen-bond acceptors (Lipinski definition) is 6. The molecule has 1 N–H and O–H groups in total. The summed E-state index contributed by atoms with van der Waals surface area (Å²) in [5, 5.41) is 9.06. The number of carboxylic acid groups (broad SMARTS) is 1. The molecule has 3 rings (SSSR count). The molecule has 0 atom stereocenters. The number of carbonyl (C=O) groups is 4. The molecule has 7 heteroatoms. The lowest BCUT2D eigenvalue weighted by Gasteiger charge is -2.08. The monoisotopic (exact) mass is 312 g/mol. The molecule has 0 fully saturated rings. The van der Waals surface area contributed by atoms with E-state index in [0.29, 0.717) is 6.29 Å². The minimum Gasteiger partial charge on any atom is -0.478 e. The molecule has 0 saturated heterocycles. The van der Waals surface area contributed by atoms with Gasteiger partial charge in [-0.15, -0.1) is 0 Å². The van der Waals surface area contributed by atoms with Gasteiger partial charge in [-0.05, 0) is 36.4 Å². The van der Waals surface area contributed by atoms with Crippen LogP contribution in [0.3, 0.4) is 0 Å². The Balaban J connectivity index is 1.94. The minimum absolute atomic E-state index is 0.0213. The fraction of sp³-hybridized carbons (Fsp3) is 0. The molecule has 0 unspecified atom stereocenters. The van der Waals surface area contributed by atoms with Gasteiger partial charge in [-0.2, -0.15) is 0 Å². The maximum Gasteiger partial charge on any atom is 0.347 e. The minimum atomic E-state index is -1.26. The molecular formula is C16H8O7. The number of aldehydes is 1. The third kappa shape index (κ3) is 2.55. The Morgan fingerprint density at radius 1 is 1.00 bits per heavy atom. The summed E-state index contributed by atoms with van der Waals surface area (Å²) in [6, 6.07) is 8.10. The van der Waals surface area contributed by atoms with Crippen molar-refractivity contribution < 1.29 is 33.8 Å². The number of rotatable bonds is 4. The van der Waals surface area contributed by atoms with Crippen LogP contribution < -0.4 is 4.74 Å². The summed E-state index contributed by atoms with van der Waals surface area (Å²) in [4.78, 5) is 44.8. The molecular weight excluding hydrogens is 304 g/mol. The van der Waals surface area contributed by atoms with Crippen molar-refractivity contribution in [2.24, 2.45) is 0 Å². The Morgan fingerprint density at radius 3 is 2.35 bits per heavy atom. The molecule has 0 radical (unpaired) electrons. The number of carboxylic acids is 1. The van der Waals surface area contributed by atoms with Crippen LogP contribution in [0.1, 0.15) is 41.4 Å². The van der Waals surface area contributed by atoms with Crippen molar-refractivity contribution in [1.82, 2.24) is 0 Å². The van der Waals surface area contributed by atoms with Crippen LogP contribution >= 0.6 is 0 Å². The third-order valence-corrected chi connectivity index (χ3v) is 3.23. The van der Waals surface area contributed by atoms with Crippen molar-refractivity contribution in [2.75, 3.05) is 0 Å². The van der Waals surface area contributed by atoms with E-state index >= 15 is 0 Å². The van der Waals surface area contributed by atoms with Crippen LogP contribution in [0, 0.1) is 0 Å². The maximum atomic E-state index is 11.5. The Kier molecular flexibility index (Phi) is 3.38. The average molecular weight is 312 g/mol. The summed E-state index contributed by atoms with van der Waals surface area (Å²) >= 11 is 0. The first-order chi connectivity index (χ1) is 11.0. The zero-order chi connectivity index (χ0) is 16.6. The van der Waals surface area contributed by atoms with Crippen molar-refractivity contribution in [3.8, 4) is 11.5 Å². The summed E-state index contributed by atoms with van der Waals surface area (Å²) in [5.74, 6) is -2.35. The van der Waals surface area contributed by atoms with Gasteiger partial charge in [-0.25, -0.2) is 14.4 Å². The molecule has 0 saturated carbocycles. The molecule has 0 bridgehead atoms. The number of benzene rings is 2. The summed E-state index contributed by atoms with van der Waals surface area (Å²) in [6.45, 7) is 0. The number of aromatic carboxylic acids is 1. The number of cyclic esters (lactones) is 2. The van der Waals surface area contributed by atoms with Crippen LogP contribution in [-0.2, 0) is 4.74 Å². The molecule has 2 aromatic carbocycles. The third-order valence-electron chi connectivity index (χ3n) is 3.23. The Morgan fingerprint density at radius 2 is 1.65 bits per heavy atom. The first-order valence-corrected chi connectivity index (χ1v) is 6.40. The number of esters is 2. The second-order valence-corrected chi connectivity index (χ2v) is 4.66. The van der Waals surface area contributed by atoms with E-state index in [2.05, 4.69) is 4.74 Å². The molecule has 7 nitrogen and oxygen atoms in total. The normalized spacial score (nSPS) is 12.5. The van der Waals surface area contributed by atoms with Gasteiger partial charge in [0.25, 0.3) is 0 Å². The van der Waals surface area contributed by atoms with Crippen molar-refractivity contribution in [2.45, 2.75) is 0 Å². The highest BCUT2D eigenvalue weighted by atomic mass is 16.6. The van der Waals surface area contributed by atoms with Crippen molar-refractivity contribution in [3.63, 3.8) is 0 Å². The highest BCUT2D eigenvalue weighted by Gasteiger charge is 2.29. The van der Waals surface area contributed by atoms with Crippen LogP contribution in [0.4, 0.5) is 0 Å². The van der Waals surface area contributed by atoms with Crippen LogP contribution in [0.2, 0.25) is 0 Å². The van der Waals surface area contributed by atoms with Crippen molar-refractivity contribution in [1.29, 1.82) is 0 Å². The van der Waals surface area contributed by atoms with E-state index in [0.717, 1.165) is 0 Å². The Hall–Kier alpha value is -3.48. The maximum absolute atomic E-state index is 11.5. The average Bonchev–Trinajstić information content (AvgIpc) is 2.81. The van der Waals surface area contributed by atoms with E-state index in [1.165, 1.54) is 36.4 Å². The fourth-order valence-corrected chi connectivity index (χ4v) is 2.15. The SMILES string of the molecule is O=Cc1ccc(Oc2ccc3c(c2)C(=O)OC3=O)cc1C(=O)O. The number of hydrogen-bond donors (Lipinski definition) is 1. The zero-order valence-electron chi connectivity index (χ0n) is 11.4. The van der Waals surface area contributed by atoms with Gasteiger partial charge >= 0.3 is 17.9 Å². The van der Waals surface area contributed by atoms with E-state index in [4.69, 9.17) is 9.84 Å². The van der Waals surface area contributed by atoms with Gasteiger partial charge < -0.3 is 14.6 Å². The molecule has 0 aromatic heterocycles. The van der Waals surface area contributed by atoms with E-state index in [1.807, 2.05) is 0 Å². The number of fused-ring (bicyclic) bond motifs is 1. The van der Waals surface area contributed by atoms with Gasteiger partial charge in [0.1, 0.15) is 11.5 Å². The molecule has 0 amide bonds. The van der Waals surface area contributed by atoms with Crippen LogP contribution in [0.15, 0.2) is 36.4 Å². The van der Waals surface area contributed by atoms with Gasteiger partial charge in [-0.3, -0.25) is 4.79 Å². The molecule has 0 spiro atoms. The van der Waals surface area contributed by atoms with E-state index in [-0.39, 0.29) is 33.8 Å². The Labute approximate surface area is 129 Å². The van der Waals surface area contributed by atoms with Crippen molar-refractivity contribution >= 4 is 24.2 Å². The first kappa shape index (κ1) is 14.5. The summed E-state index contributed by atoms with van der Waals surface area (Å²) < 4.78 is 9.95. The molecule has 1 heterocycles. The largest absolute Gasteiger partial charge is 0.478 e. The molecule has 1 aliphatic rings. The summed E-state index contributed by atoms with van der Waals surface area (Å²) in [6.07, 6.45) is 0.435. The van der Waals surface area contributed by atoms with Gasteiger partial charge in [0.2, 0.25) is 0 Å². The van der Waals surface area contributed by atoms with Gasteiger partial charge in [0.15, 0.2) is 6.29 Å². The second kappa shape index (κ2) is 5.38. The lowest BCUT2D eigenvalue weighted by molar-refractivity contribution is 0.0443. The topological polar surface area (TPSA) is 107 Å². The van der Waals surface area contributed by atoms with E-state index < -0.39 is 17.9 Å². The smallest absolute Gasteiger partial charge is 0.347 e. The lowest BCUT2D eigenvalue weighted by Crippen LogP contribution is -2.02. The summed E-state index contributed by atoms with van der Waals surface area (Å²) in [7, 11) is 0. The van der Waals surface area contributed by atoms with E-state index in [9.17, 15) is 19.2 Å². The van der Waals surface area contributed by atoms with Gasteiger partial charge in [-0.1, -0.05) is 0 Å². The van der Waals surface area contributed by atoms with Gasteiger partial charge in [0, 0.05) is 5.56 Å². The quantitative estimate of drug-likeness (QED) is 0.524. The fourth-order valence-electron chi connectivity index (χ4n) is 2.15. The second-order valence-electron chi connectivity index (χ2n) is 4.66.